The number of carbonyl (C=O) groups excluding carboxylic acids is 8. The van der Waals surface area contributed by atoms with Crippen LogP contribution in [0.25, 0.3) is 88.1 Å². The number of hydrogen-bond donors (Lipinski definition) is 8. The second-order valence-corrected chi connectivity index (χ2v) is 25.4. The standard InChI is InChI=1S/2C22H24N4O3.C19H15F3N4O3.C19H18N4O3/c1-5-13(2)29-21-19-12-17(16-6-9-18(10-7-16)23-14(3)27)8-11-20(19)25-22(26-21)24-15(4)28;1-4-5-12-29-21-19-13-17(16-6-9-18(10-7-16)23-14(2)27)8-11-20(19)25-22(26-21)24-15(3)28;1-10(27)23-14-6-3-12(4-7-14)13-5-8-16-15(9-13)17(29-19(20,21)22)26-18(25-16)24-11(2)28;1-11(24)20-15-7-4-13(5-8-15)14-6-9-17-16(10-14)18(26-3)23-19(22-17)21-12(2)25/h6-13H,5H2,1-4H3,(H,23,27)(H,24,25,26,28);6-11,13H,4-5,12H2,1-3H3,(H,23,27)(H,24,25,26,28);3-9H,1-2H3,(H,23,27)(H,24,25,26,28);4-10H,1-3H3,(H,20,24)(H,21,22,23,25). The summed E-state index contributed by atoms with van der Waals surface area (Å²) in [4.78, 5) is 124. The van der Waals surface area contributed by atoms with Gasteiger partial charge in [-0.3, -0.25) is 59.6 Å². The number of nitrogens with one attached hydrogen (secondary N) is 8. The van der Waals surface area contributed by atoms with Gasteiger partial charge in [-0.05, 0) is 161 Å². The molecule has 8 N–H and O–H groups in total. The maximum absolute atomic E-state index is 12.8. The van der Waals surface area contributed by atoms with Crippen molar-refractivity contribution in [3.63, 3.8) is 0 Å². The third-order valence-corrected chi connectivity index (χ3v) is 16.0. The van der Waals surface area contributed by atoms with Gasteiger partial charge in [0.1, 0.15) is 0 Å². The molecule has 0 saturated heterocycles. The maximum Gasteiger partial charge on any atom is 0.574 e. The molecule has 8 aromatic carbocycles. The highest BCUT2D eigenvalue weighted by Gasteiger charge is 2.33. The van der Waals surface area contributed by atoms with Crippen LogP contribution in [0.1, 0.15) is 95.4 Å². The van der Waals surface area contributed by atoms with Crippen LogP contribution in [0.4, 0.5) is 59.7 Å². The molecular weight excluding hydrogens is 1460 g/mol. The molecule has 0 fully saturated rings. The van der Waals surface area contributed by atoms with Crippen LogP contribution >= 0.6 is 0 Å². The first-order chi connectivity index (χ1) is 53.9. The fraction of sp³-hybridized carbons (Fsp3) is 0.220. The number of halogens is 3. The third-order valence-electron chi connectivity index (χ3n) is 16.0. The number of hydrogen-bond acceptors (Lipinski definition) is 20. The molecule has 113 heavy (non-hydrogen) atoms. The largest absolute Gasteiger partial charge is 0.574 e. The minimum absolute atomic E-state index is 0.0277. The van der Waals surface area contributed by atoms with Gasteiger partial charge in [0.25, 0.3) is 0 Å². The number of fused-ring (bicyclic) bond motifs is 4. The van der Waals surface area contributed by atoms with Crippen LogP contribution in [-0.2, 0) is 38.4 Å². The van der Waals surface area contributed by atoms with E-state index in [4.69, 9.17) is 14.2 Å². The summed E-state index contributed by atoms with van der Waals surface area (Å²) < 4.78 is 59.8. The Kier molecular flexibility index (Phi) is 28.1. The maximum atomic E-state index is 12.8. The van der Waals surface area contributed by atoms with Crippen molar-refractivity contribution in [3.8, 4) is 68.0 Å². The molecule has 1 atom stereocenters. The Morgan fingerprint density at radius 3 is 0.876 bits per heavy atom. The molecule has 0 aliphatic heterocycles. The van der Waals surface area contributed by atoms with Crippen LogP contribution < -0.4 is 61.5 Å². The first-order valence-electron chi connectivity index (χ1n) is 35.4. The number of methoxy groups -OCH3 is 1. The van der Waals surface area contributed by atoms with Crippen LogP contribution in [0.3, 0.4) is 0 Å². The van der Waals surface area contributed by atoms with Gasteiger partial charge in [0.05, 0.1) is 63.4 Å². The summed E-state index contributed by atoms with van der Waals surface area (Å²) in [7, 11) is 1.52. The molecular formula is C82H81F3N16O12. The predicted octanol–water partition coefficient (Wildman–Crippen LogP) is 16.1. The SMILES string of the molecule is CC(=O)Nc1ccc(-c2ccc3nc(NC(C)=O)nc(OC(F)(F)F)c3c2)cc1.CCC(C)Oc1nc(NC(C)=O)nc2ccc(-c3ccc(NC(C)=O)cc3)cc12.CCCCOc1nc(NC(C)=O)nc2ccc(-c3ccc(NC(C)=O)cc3)cc12.COc1nc(NC(C)=O)nc2ccc(-c3ccc(NC(C)=O)cc3)cc12. The van der Waals surface area contributed by atoms with Crippen LogP contribution in [0.5, 0.6) is 23.5 Å². The van der Waals surface area contributed by atoms with Crippen molar-refractivity contribution >= 4 is 137 Å². The molecule has 8 amide bonds. The van der Waals surface area contributed by atoms with Crippen molar-refractivity contribution in [3.05, 3.63) is 170 Å². The Hall–Kier alpha value is -14.1. The zero-order valence-electron chi connectivity index (χ0n) is 63.7. The fourth-order valence-corrected chi connectivity index (χ4v) is 10.9. The summed E-state index contributed by atoms with van der Waals surface area (Å²) in [5, 5.41) is 23.3. The Morgan fingerprint density at radius 2 is 0.602 bits per heavy atom. The molecule has 4 heterocycles. The predicted molar refractivity (Wildman–Crippen MR) is 428 cm³/mol. The average Bonchev–Trinajstić information content (AvgIpc) is 0.805. The lowest BCUT2D eigenvalue weighted by Gasteiger charge is -2.15. The molecule has 0 spiro atoms. The molecule has 0 saturated carbocycles. The van der Waals surface area contributed by atoms with Gasteiger partial charge in [-0.25, -0.2) is 19.9 Å². The second kappa shape index (κ2) is 38.3. The number of anilines is 8. The molecule has 12 rings (SSSR count). The summed E-state index contributed by atoms with van der Waals surface area (Å²) in [5.41, 5.74) is 12.2. The number of aromatic nitrogens is 8. The molecule has 0 aliphatic rings. The molecule has 31 heteroatoms. The van der Waals surface area contributed by atoms with E-state index in [1.807, 2.05) is 141 Å². The van der Waals surface area contributed by atoms with Crippen LogP contribution in [0, 0.1) is 0 Å². The number of ether oxygens (including phenoxy) is 4. The molecule has 0 radical (unpaired) electrons. The first-order valence-corrected chi connectivity index (χ1v) is 35.4. The second-order valence-electron chi connectivity index (χ2n) is 25.4. The van der Waals surface area contributed by atoms with E-state index < -0.39 is 18.1 Å². The van der Waals surface area contributed by atoms with Crippen molar-refractivity contribution < 1.29 is 70.5 Å². The summed E-state index contributed by atoms with van der Waals surface area (Å²) in [6, 6.07) is 51.4. The quantitative estimate of drug-likeness (QED) is 0.0310. The average molecular weight is 1540 g/mol. The smallest absolute Gasteiger partial charge is 0.480 e. The van der Waals surface area contributed by atoms with Gasteiger partial charge < -0.3 is 40.2 Å². The van der Waals surface area contributed by atoms with E-state index in [1.54, 1.807) is 30.3 Å². The van der Waals surface area contributed by atoms with Crippen molar-refractivity contribution in [1.82, 2.24) is 39.9 Å². The molecule has 28 nitrogen and oxygen atoms in total. The van der Waals surface area contributed by atoms with E-state index >= 15 is 0 Å². The van der Waals surface area contributed by atoms with Crippen LogP contribution in [0.15, 0.2) is 170 Å². The summed E-state index contributed by atoms with van der Waals surface area (Å²) in [6.07, 6.45) is -2.26. The summed E-state index contributed by atoms with van der Waals surface area (Å²) in [5.74, 6) is -0.899. The number of carbonyl (C=O) groups is 8. The van der Waals surface area contributed by atoms with Gasteiger partial charge in [0, 0.05) is 78.1 Å². The van der Waals surface area contributed by atoms with Gasteiger partial charge in [0.2, 0.25) is 94.6 Å². The number of alkyl halides is 3. The van der Waals surface area contributed by atoms with Gasteiger partial charge in [-0.1, -0.05) is 93.1 Å². The monoisotopic (exact) mass is 1540 g/mol. The molecule has 4 aromatic heterocycles. The first kappa shape index (κ1) is 82.9. The van der Waals surface area contributed by atoms with E-state index in [2.05, 4.69) is 94.1 Å². The lowest BCUT2D eigenvalue weighted by molar-refractivity contribution is -0.275. The van der Waals surface area contributed by atoms with Crippen molar-refractivity contribution in [2.24, 2.45) is 0 Å². The summed E-state index contributed by atoms with van der Waals surface area (Å²) in [6.45, 7) is 17.9. The summed E-state index contributed by atoms with van der Waals surface area (Å²) >= 11 is 0. The van der Waals surface area contributed by atoms with E-state index in [9.17, 15) is 51.5 Å². The van der Waals surface area contributed by atoms with Gasteiger partial charge in [0.15, 0.2) is 0 Å². The van der Waals surface area contributed by atoms with E-state index in [0.29, 0.717) is 57.6 Å². The van der Waals surface area contributed by atoms with Gasteiger partial charge in [-0.2, -0.15) is 19.9 Å². The Morgan fingerprint density at radius 1 is 0.345 bits per heavy atom. The molecule has 1 unspecified atom stereocenters. The highest BCUT2D eigenvalue weighted by molar-refractivity contribution is 5.98. The van der Waals surface area contributed by atoms with E-state index in [1.165, 1.54) is 74.6 Å². The number of unbranched alkanes of at least 4 members (excludes halogenated alkanes) is 1. The fourth-order valence-electron chi connectivity index (χ4n) is 10.9. The number of benzene rings is 8. The molecule has 0 bridgehead atoms. The van der Waals surface area contributed by atoms with Crippen LogP contribution in [0.2, 0.25) is 0 Å². The van der Waals surface area contributed by atoms with E-state index in [0.717, 1.165) is 85.9 Å². The van der Waals surface area contributed by atoms with Gasteiger partial charge in [-0.15, -0.1) is 13.2 Å². The highest BCUT2D eigenvalue weighted by Crippen LogP contribution is 2.37. The third kappa shape index (κ3) is 24.4. The van der Waals surface area contributed by atoms with Crippen molar-refractivity contribution in [1.29, 1.82) is 0 Å². The molecule has 0 aliphatic carbocycles. The number of nitrogens with zero attached hydrogens (tertiary/aromatic N) is 8. The minimum Gasteiger partial charge on any atom is -0.480 e. The molecule has 12 aromatic rings. The Bertz CT molecular complexity index is 5510. The topological polar surface area (TPSA) is 373 Å². The normalized spacial score (nSPS) is 11.0. The van der Waals surface area contributed by atoms with Crippen LogP contribution in [-0.4, -0.2) is 113 Å². The van der Waals surface area contributed by atoms with Gasteiger partial charge >= 0.3 is 6.36 Å². The molecule has 582 valence electrons. The highest BCUT2D eigenvalue weighted by atomic mass is 19.4. The zero-order valence-corrected chi connectivity index (χ0v) is 63.7. The zero-order chi connectivity index (χ0) is 81.6. The Labute approximate surface area is 646 Å². The number of rotatable bonds is 21. The lowest BCUT2D eigenvalue weighted by Crippen LogP contribution is -2.19. The number of amides is 8. The lowest BCUT2D eigenvalue weighted by atomic mass is 10.0. The Balaban J connectivity index is 0.000000173. The minimum atomic E-state index is -4.97. The van der Waals surface area contributed by atoms with Crippen molar-refractivity contribution in [2.45, 2.75) is 108 Å². The van der Waals surface area contributed by atoms with E-state index in [-0.39, 0.29) is 82.2 Å². The van der Waals surface area contributed by atoms with Crippen molar-refractivity contribution in [2.75, 3.05) is 56.3 Å².